The molecule has 0 atom stereocenters. The lowest BCUT2D eigenvalue weighted by molar-refractivity contribution is 0.476. The molecule has 0 aromatic rings. The second kappa shape index (κ2) is 4.39. The van der Waals surface area contributed by atoms with Crippen LogP contribution in [0.5, 0.6) is 0 Å². The summed E-state index contributed by atoms with van der Waals surface area (Å²) in [5.74, 6) is 0.0831. The van der Waals surface area contributed by atoms with Gasteiger partial charge in [0.2, 0.25) is 0 Å². The SMILES string of the molecule is CCC(C)(C)[SiH2]OS(=O)(=O)CC. The molecule has 0 aliphatic heterocycles. The van der Waals surface area contributed by atoms with Crippen molar-refractivity contribution in [2.75, 3.05) is 5.75 Å². The zero-order valence-electron chi connectivity index (χ0n) is 8.25. The number of hydrogen-bond donors (Lipinski definition) is 0. The van der Waals surface area contributed by atoms with Gasteiger partial charge in [-0.25, -0.2) is 8.42 Å². The van der Waals surface area contributed by atoms with Crippen LogP contribution in [0.3, 0.4) is 0 Å². The van der Waals surface area contributed by atoms with Crippen molar-refractivity contribution in [3.05, 3.63) is 0 Å². The van der Waals surface area contributed by atoms with Gasteiger partial charge >= 0.3 is 0 Å². The number of hydrogen-bond acceptors (Lipinski definition) is 3. The minimum Gasteiger partial charge on any atom is -0.322 e. The largest absolute Gasteiger partial charge is 0.322 e. The van der Waals surface area contributed by atoms with Gasteiger partial charge in [-0.05, 0) is 12.0 Å². The quantitative estimate of drug-likeness (QED) is 0.637. The second-order valence-electron chi connectivity index (χ2n) is 3.63. The highest BCUT2D eigenvalue weighted by molar-refractivity contribution is 7.87. The Morgan fingerprint density at radius 2 is 1.83 bits per heavy atom. The molecule has 3 nitrogen and oxygen atoms in total. The van der Waals surface area contributed by atoms with Crippen molar-refractivity contribution in [1.29, 1.82) is 0 Å². The summed E-state index contributed by atoms with van der Waals surface area (Å²) in [6.07, 6.45) is 0.971. The zero-order chi connectivity index (χ0) is 9.83. The van der Waals surface area contributed by atoms with Crippen LogP contribution in [-0.2, 0) is 14.0 Å². The smallest absolute Gasteiger partial charge is 0.256 e. The Balaban J connectivity index is 4.00. The van der Waals surface area contributed by atoms with E-state index >= 15 is 0 Å². The van der Waals surface area contributed by atoms with Crippen molar-refractivity contribution in [3.63, 3.8) is 0 Å². The molecule has 0 unspecified atom stereocenters. The first-order valence-corrected chi connectivity index (χ1v) is 7.06. The number of rotatable bonds is 5. The molecule has 0 radical (unpaired) electrons. The van der Waals surface area contributed by atoms with Crippen LogP contribution >= 0.6 is 0 Å². The molecule has 0 fully saturated rings. The first kappa shape index (κ1) is 12.1. The molecule has 0 aromatic heterocycles. The van der Waals surface area contributed by atoms with Crippen LogP contribution in [0, 0.1) is 0 Å². The van der Waals surface area contributed by atoms with Gasteiger partial charge in [-0.1, -0.05) is 27.2 Å². The predicted octanol–water partition coefficient (Wildman–Crippen LogP) is 1.04. The summed E-state index contributed by atoms with van der Waals surface area (Å²) in [5.41, 5.74) is 0. The third-order valence-electron chi connectivity index (χ3n) is 1.94. The molecule has 0 saturated heterocycles. The van der Waals surface area contributed by atoms with Gasteiger partial charge in [0, 0.05) is 0 Å². The lowest BCUT2D eigenvalue weighted by Gasteiger charge is -2.20. The first-order chi connectivity index (χ1) is 5.33. The van der Waals surface area contributed by atoms with Gasteiger partial charge in [0.25, 0.3) is 10.1 Å². The summed E-state index contributed by atoms with van der Waals surface area (Å²) in [6.45, 7) is 7.74. The van der Waals surface area contributed by atoms with Crippen LogP contribution in [0.2, 0.25) is 5.04 Å². The van der Waals surface area contributed by atoms with E-state index in [0.717, 1.165) is 6.42 Å². The molecule has 0 aliphatic carbocycles. The average molecular weight is 210 g/mol. The fourth-order valence-corrected chi connectivity index (χ4v) is 3.30. The van der Waals surface area contributed by atoms with Crippen molar-refractivity contribution in [2.24, 2.45) is 0 Å². The molecule has 0 aromatic carbocycles. The molecular formula is C7H18O3SSi. The molecule has 74 valence electrons. The highest BCUT2D eigenvalue weighted by Gasteiger charge is 2.20. The standard InChI is InChI=1S/C7H18O3SSi/c1-5-7(3,4)12-10-11(8,9)6-2/h5-6,12H2,1-4H3. The first-order valence-electron chi connectivity index (χ1n) is 4.20. The third-order valence-corrected chi connectivity index (χ3v) is 5.84. The maximum Gasteiger partial charge on any atom is 0.256 e. The van der Waals surface area contributed by atoms with Crippen molar-refractivity contribution >= 4 is 19.9 Å². The van der Waals surface area contributed by atoms with Crippen LogP contribution in [-0.4, -0.2) is 23.9 Å². The van der Waals surface area contributed by atoms with Crippen LogP contribution in [0.25, 0.3) is 0 Å². The normalized spacial score (nSPS) is 14.3. The van der Waals surface area contributed by atoms with Gasteiger partial charge in [0.1, 0.15) is 0 Å². The Hall–Kier alpha value is 0.127. The lowest BCUT2D eigenvalue weighted by atomic mass is 10.1. The Labute approximate surface area is 77.6 Å². The van der Waals surface area contributed by atoms with Gasteiger partial charge < -0.3 is 3.87 Å². The molecule has 5 heteroatoms. The van der Waals surface area contributed by atoms with E-state index in [0.29, 0.717) is 0 Å². The van der Waals surface area contributed by atoms with E-state index in [1.165, 1.54) is 0 Å². The highest BCUT2D eigenvalue weighted by Crippen LogP contribution is 2.27. The summed E-state index contributed by atoms with van der Waals surface area (Å²) in [4.78, 5) is 0. The van der Waals surface area contributed by atoms with Crippen LogP contribution in [0.15, 0.2) is 0 Å². The van der Waals surface area contributed by atoms with Gasteiger partial charge in [0.15, 0.2) is 9.76 Å². The topological polar surface area (TPSA) is 43.4 Å². The molecular weight excluding hydrogens is 192 g/mol. The van der Waals surface area contributed by atoms with Crippen molar-refractivity contribution < 1.29 is 12.3 Å². The van der Waals surface area contributed by atoms with Gasteiger partial charge in [-0.2, -0.15) is 0 Å². The van der Waals surface area contributed by atoms with Gasteiger partial charge in [-0.15, -0.1) is 0 Å². The second-order valence-corrected chi connectivity index (χ2v) is 8.46. The monoisotopic (exact) mass is 210 g/mol. The Kier molecular flexibility index (Phi) is 4.43. The van der Waals surface area contributed by atoms with Gasteiger partial charge in [-0.3, -0.25) is 0 Å². The fraction of sp³-hybridized carbons (Fsp3) is 1.00. The summed E-state index contributed by atoms with van der Waals surface area (Å²) >= 11 is 0. The van der Waals surface area contributed by atoms with E-state index in [1.807, 2.05) is 13.8 Å². The average Bonchev–Trinajstić information content (AvgIpc) is 2.02. The lowest BCUT2D eigenvalue weighted by Crippen LogP contribution is -2.20. The molecule has 0 rings (SSSR count). The van der Waals surface area contributed by atoms with E-state index in [2.05, 4.69) is 6.92 Å². The summed E-state index contributed by atoms with van der Waals surface area (Å²) in [6, 6.07) is 0. The molecule has 0 bridgehead atoms. The minimum atomic E-state index is -3.20. The van der Waals surface area contributed by atoms with Crippen molar-refractivity contribution in [1.82, 2.24) is 0 Å². The third kappa shape index (κ3) is 4.90. The molecule has 0 N–H and O–H groups in total. The van der Waals surface area contributed by atoms with E-state index in [-0.39, 0.29) is 10.8 Å². The fourth-order valence-electron chi connectivity index (χ4n) is 0.435. The molecule has 0 saturated carbocycles. The predicted molar refractivity (Wildman–Crippen MR) is 53.4 cm³/mol. The van der Waals surface area contributed by atoms with Crippen molar-refractivity contribution in [3.8, 4) is 0 Å². The minimum absolute atomic E-state index is 0.0831. The summed E-state index contributed by atoms with van der Waals surface area (Å²) in [5, 5.41) is 0.0856. The van der Waals surface area contributed by atoms with E-state index < -0.39 is 19.9 Å². The highest BCUT2D eigenvalue weighted by atomic mass is 32.2. The Morgan fingerprint density at radius 1 is 1.33 bits per heavy atom. The maximum absolute atomic E-state index is 11.0. The molecule has 0 amide bonds. The Bertz CT molecular complexity index is 221. The van der Waals surface area contributed by atoms with Crippen LogP contribution < -0.4 is 0 Å². The van der Waals surface area contributed by atoms with Gasteiger partial charge in [0.05, 0.1) is 5.75 Å². The molecule has 0 spiro atoms. The zero-order valence-corrected chi connectivity index (χ0v) is 10.5. The van der Waals surface area contributed by atoms with Crippen LogP contribution in [0.1, 0.15) is 34.1 Å². The summed E-state index contributed by atoms with van der Waals surface area (Å²) in [7, 11) is -4.16. The van der Waals surface area contributed by atoms with Crippen molar-refractivity contribution in [2.45, 2.75) is 39.2 Å². The molecule has 0 heterocycles. The molecule has 0 aliphatic rings. The van der Waals surface area contributed by atoms with Crippen LogP contribution in [0.4, 0.5) is 0 Å². The summed E-state index contributed by atoms with van der Waals surface area (Å²) < 4.78 is 26.9. The van der Waals surface area contributed by atoms with E-state index in [4.69, 9.17) is 3.87 Å². The molecule has 12 heavy (non-hydrogen) atoms. The van der Waals surface area contributed by atoms with E-state index in [9.17, 15) is 8.42 Å². The van der Waals surface area contributed by atoms with E-state index in [1.54, 1.807) is 6.92 Å². The maximum atomic E-state index is 11.0. The Morgan fingerprint density at radius 3 is 2.17 bits per heavy atom.